The zero-order chi connectivity index (χ0) is 50.9. The predicted molar refractivity (Wildman–Crippen MR) is 310 cm³/mol. The summed E-state index contributed by atoms with van der Waals surface area (Å²) in [4.78, 5) is 0. The predicted octanol–water partition coefficient (Wildman–Crippen LogP) is 17.2. The van der Waals surface area contributed by atoms with Crippen LogP contribution >= 0.6 is 0 Å². The Kier molecular flexibility index (Phi) is 9.24. The molecule has 0 saturated carbocycles. The smallest absolute Gasteiger partial charge is 0.143 e. The maximum atomic E-state index is 7.08. The highest BCUT2D eigenvalue weighted by Gasteiger charge is 2.58. The van der Waals surface area contributed by atoms with Crippen molar-refractivity contribution in [1.29, 1.82) is 0 Å². The molecule has 0 bridgehead atoms. The Bertz CT molecular complexity index is 4360. The van der Waals surface area contributed by atoms with E-state index in [0.29, 0.717) is 5.92 Å². The molecule has 15 rings (SSSR count). The fourth-order valence-electron chi connectivity index (χ4n) is 15.3. The third-order valence-corrected chi connectivity index (χ3v) is 18.7. The molecule has 2 heterocycles. The number of fused-ring (bicyclic) bond motifs is 17. The summed E-state index contributed by atoms with van der Waals surface area (Å²) in [6.45, 7) is 19.4. The summed E-state index contributed by atoms with van der Waals surface area (Å²) in [7, 11) is 0. The Morgan fingerprint density at radius 3 is 1.83 bits per heavy atom. The highest BCUT2D eigenvalue weighted by atomic mass is 16.3. The lowest BCUT2D eigenvalue weighted by Gasteiger charge is -2.42. The first-order chi connectivity index (χ1) is 36.3. The second-order valence-corrected chi connectivity index (χ2v) is 24.2. The van der Waals surface area contributed by atoms with Crippen LogP contribution in [0.3, 0.4) is 0 Å². The maximum Gasteiger partial charge on any atom is 0.143 e. The van der Waals surface area contributed by atoms with Crippen LogP contribution in [0.1, 0.15) is 109 Å². The first kappa shape index (κ1) is 44.5. The zero-order valence-electron chi connectivity index (χ0n) is 44.2. The number of hydrogen-bond donors (Lipinski definition) is 0. The van der Waals surface area contributed by atoms with Gasteiger partial charge in [-0.15, -0.1) is 0 Å². The quantitative estimate of drug-likeness (QED) is 0.166. The number of para-hydroxylation sites is 2. The average Bonchev–Trinajstić information content (AvgIpc) is 4.36. The molecule has 0 spiro atoms. The summed E-state index contributed by atoms with van der Waals surface area (Å²) in [5.41, 5.74) is 28.6. The van der Waals surface area contributed by atoms with Gasteiger partial charge < -0.3 is 8.83 Å². The Morgan fingerprint density at radius 1 is 0.440 bits per heavy atom. The van der Waals surface area contributed by atoms with E-state index in [2.05, 4.69) is 243 Å². The summed E-state index contributed by atoms with van der Waals surface area (Å²) in [6.07, 6.45) is 0.881. The molecule has 0 aliphatic heterocycles. The summed E-state index contributed by atoms with van der Waals surface area (Å²) in [6, 6.07) is 70.8. The second kappa shape index (κ2) is 15.6. The molecule has 2 aromatic heterocycles. The van der Waals surface area contributed by atoms with Crippen molar-refractivity contribution in [3.63, 3.8) is 0 Å². The Hall–Kier alpha value is -7.94. The number of rotatable bonds is 6. The largest absolute Gasteiger partial charge is 0.456 e. The van der Waals surface area contributed by atoms with Crippen LogP contribution in [0.25, 0.3) is 77.4 Å². The Labute approximate surface area is 439 Å². The molecule has 2 heteroatoms. The van der Waals surface area contributed by atoms with Crippen LogP contribution in [0, 0.1) is 25.7 Å². The van der Waals surface area contributed by atoms with Crippen LogP contribution in [-0.4, -0.2) is 0 Å². The normalized spacial score (nSPS) is 18.4. The molecule has 75 heavy (non-hydrogen) atoms. The molecule has 0 saturated heterocycles. The van der Waals surface area contributed by atoms with Crippen molar-refractivity contribution in [1.82, 2.24) is 0 Å². The van der Waals surface area contributed by atoms with E-state index in [9.17, 15) is 0 Å². The van der Waals surface area contributed by atoms with Crippen molar-refractivity contribution in [3.05, 3.63) is 260 Å². The first-order valence-corrected chi connectivity index (χ1v) is 27.1. The zero-order valence-corrected chi connectivity index (χ0v) is 44.2. The topological polar surface area (TPSA) is 26.3 Å². The van der Waals surface area contributed by atoms with Gasteiger partial charge in [-0.3, -0.25) is 0 Å². The molecule has 11 aromatic rings. The van der Waals surface area contributed by atoms with Gasteiger partial charge >= 0.3 is 0 Å². The minimum atomic E-state index is -0.275. The van der Waals surface area contributed by atoms with Gasteiger partial charge in [0.2, 0.25) is 0 Å². The van der Waals surface area contributed by atoms with Gasteiger partial charge in [0.1, 0.15) is 22.2 Å². The molecule has 4 aliphatic rings. The van der Waals surface area contributed by atoms with Gasteiger partial charge in [0.05, 0.1) is 0 Å². The number of furan rings is 2. The molecule has 4 aliphatic carbocycles. The lowest BCUT2D eigenvalue weighted by molar-refractivity contribution is 0.256. The van der Waals surface area contributed by atoms with Gasteiger partial charge in [-0.2, -0.15) is 0 Å². The van der Waals surface area contributed by atoms with Crippen molar-refractivity contribution in [2.45, 2.75) is 84.0 Å². The van der Waals surface area contributed by atoms with Crippen molar-refractivity contribution in [3.8, 4) is 33.4 Å². The molecule has 364 valence electrons. The van der Waals surface area contributed by atoms with Crippen molar-refractivity contribution in [2.24, 2.45) is 11.8 Å². The van der Waals surface area contributed by atoms with E-state index in [1.54, 1.807) is 0 Å². The fourth-order valence-corrected chi connectivity index (χ4v) is 15.3. The SMILES string of the molecule is Cc1cc(C)cc(C(Cc2ccc3c(c2)C(C)(C)C2C3=c3oc4ccccc4c3=C3c4ccccc4C(C)(C)C32)c2ccc3c(c2)C(C)(C)c2cc(-c4ccc(-c5ccccc5)cc4)c4oc5ccccc5c4c2-3)c1. The molecular formula is C73H60O2. The Morgan fingerprint density at radius 2 is 1.05 bits per heavy atom. The molecule has 2 nitrogen and oxygen atoms in total. The van der Waals surface area contributed by atoms with E-state index in [1.165, 1.54) is 111 Å². The van der Waals surface area contributed by atoms with Gasteiger partial charge in [0.25, 0.3) is 0 Å². The summed E-state index contributed by atoms with van der Waals surface area (Å²) in [5, 5.41) is 4.90. The molecule has 0 fully saturated rings. The maximum absolute atomic E-state index is 7.08. The van der Waals surface area contributed by atoms with Crippen LogP contribution in [-0.2, 0) is 22.7 Å². The third kappa shape index (κ3) is 6.20. The molecule has 9 aromatic carbocycles. The number of aryl methyl sites for hydroxylation is 2. The molecule has 0 radical (unpaired) electrons. The van der Waals surface area contributed by atoms with Crippen molar-refractivity contribution in [2.75, 3.05) is 0 Å². The second-order valence-electron chi connectivity index (χ2n) is 24.2. The number of hydrogen-bond acceptors (Lipinski definition) is 2. The summed E-state index contributed by atoms with van der Waals surface area (Å²) < 4.78 is 14.0. The van der Waals surface area contributed by atoms with Gasteiger partial charge in [0.15, 0.2) is 0 Å². The Balaban J connectivity index is 0.874. The molecule has 3 unspecified atom stereocenters. The highest BCUT2D eigenvalue weighted by Crippen LogP contribution is 2.63. The van der Waals surface area contributed by atoms with Crippen LogP contribution in [0.2, 0.25) is 0 Å². The molecular weight excluding hydrogens is 909 g/mol. The van der Waals surface area contributed by atoms with Gasteiger partial charge in [-0.1, -0.05) is 223 Å². The van der Waals surface area contributed by atoms with E-state index in [1.807, 2.05) is 0 Å². The minimum absolute atomic E-state index is 0.0681. The summed E-state index contributed by atoms with van der Waals surface area (Å²) >= 11 is 0. The van der Waals surface area contributed by atoms with Crippen molar-refractivity contribution < 1.29 is 8.83 Å². The minimum Gasteiger partial charge on any atom is -0.456 e. The highest BCUT2D eigenvalue weighted by molar-refractivity contribution is 6.18. The molecule has 3 atom stereocenters. The molecule has 0 amide bonds. The van der Waals surface area contributed by atoms with Crippen LogP contribution in [0.15, 0.2) is 197 Å². The molecule has 0 N–H and O–H groups in total. The van der Waals surface area contributed by atoms with Crippen molar-refractivity contribution >= 4 is 44.1 Å². The number of benzene rings is 9. The lowest BCUT2D eigenvalue weighted by atomic mass is 9.60. The standard InChI is InChI=1S/C73H60O2/c1-41-34-42(2)36-48(35-41)54(37-43-26-32-51-57(38-43)73(7,8)68-66(51)70-65(53-22-14-17-25-61(53)75-70)63-49-20-12-15-23-56(49)72(5,6)67(63)68)47-31-33-50-58(39-47)71(3,4)59-40-55(46-29-27-45(28-30-46)44-18-10-9-11-19-44)69-64(62(50)59)52-21-13-16-24-60(52)74-69/h9-36,38-40,54,67-68H,37H2,1-8H3. The van der Waals surface area contributed by atoms with E-state index in [0.717, 1.165) is 45.1 Å². The van der Waals surface area contributed by atoms with E-state index >= 15 is 0 Å². The van der Waals surface area contributed by atoms with E-state index < -0.39 is 0 Å². The van der Waals surface area contributed by atoms with Gasteiger partial charge in [0, 0.05) is 55.7 Å². The summed E-state index contributed by atoms with van der Waals surface area (Å²) in [5.74, 6) is 0.672. The van der Waals surface area contributed by atoms with E-state index in [4.69, 9.17) is 8.83 Å². The fraction of sp³-hybridized carbons (Fsp3) is 0.205. The van der Waals surface area contributed by atoms with Gasteiger partial charge in [-0.05, 0) is 133 Å². The lowest BCUT2D eigenvalue weighted by Crippen LogP contribution is -2.45. The average molecular weight is 969 g/mol. The van der Waals surface area contributed by atoms with Gasteiger partial charge in [-0.25, -0.2) is 0 Å². The monoisotopic (exact) mass is 968 g/mol. The first-order valence-electron chi connectivity index (χ1n) is 27.1. The van der Waals surface area contributed by atoms with Crippen LogP contribution < -0.4 is 10.6 Å². The van der Waals surface area contributed by atoms with Crippen LogP contribution in [0.5, 0.6) is 0 Å². The van der Waals surface area contributed by atoms with E-state index in [-0.39, 0.29) is 28.1 Å². The van der Waals surface area contributed by atoms with Crippen LogP contribution in [0.4, 0.5) is 0 Å². The third-order valence-electron chi connectivity index (χ3n) is 18.7.